The van der Waals surface area contributed by atoms with Crippen molar-refractivity contribution in [1.82, 2.24) is 4.98 Å². The number of unbranched alkanes of at least 4 members (excludes halogenated alkanes) is 3. The Kier molecular flexibility index (Phi) is 8.54. The largest absolute Gasteiger partial charge is 0.493 e. The highest BCUT2D eigenvalue weighted by atomic mass is 16.5. The smallest absolute Gasteiger partial charge is 0.267 e. The summed E-state index contributed by atoms with van der Waals surface area (Å²) in [5.74, 6) is 1.08. The highest BCUT2D eigenvalue weighted by molar-refractivity contribution is 6.09. The first kappa shape index (κ1) is 21.0. The molecule has 0 aliphatic carbocycles. The number of carbonyl (C=O) groups is 1. The van der Waals surface area contributed by atoms with Crippen molar-refractivity contribution in [1.29, 1.82) is 5.26 Å². The second-order valence-electron chi connectivity index (χ2n) is 6.16. The van der Waals surface area contributed by atoms with Crippen LogP contribution in [-0.2, 0) is 4.79 Å². The maximum absolute atomic E-state index is 12.3. The zero-order chi connectivity index (χ0) is 20.2. The Balaban J connectivity index is 2.08. The molecule has 0 aliphatic heterocycles. The van der Waals surface area contributed by atoms with Crippen molar-refractivity contribution in [3.8, 4) is 17.6 Å². The molecule has 1 aromatic heterocycles. The lowest BCUT2D eigenvalue weighted by Gasteiger charge is -2.11. The van der Waals surface area contributed by atoms with E-state index in [2.05, 4.69) is 17.2 Å². The maximum atomic E-state index is 12.3. The van der Waals surface area contributed by atoms with E-state index in [1.165, 1.54) is 18.9 Å². The minimum absolute atomic E-state index is 0.0269. The lowest BCUT2D eigenvalue weighted by molar-refractivity contribution is -0.112. The van der Waals surface area contributed by atoms with Gasteiger partial charge >= 0.3 is 0 Å². The van der Waals surface area contributed by atoms with Gasteiger partial charge in [0.25, 0.3) is 5.91 Å². The van der Waals surface area contributed by atoms with E-state index in [4.69, 9.17) is 9.47 Å². The van der Waals surface area contributed by atoms with Crippen LogP contribution in [0.4, 0.5) is 5.82 Å². The number of anilines is 1. The Labute approximate surface area is 165 Å². The lowest BCUT2D eigenvalue weighted by Crippen LogP contribution is -2.14. The third-order valence-electron chi connectivity index (χ3n) is 4.03. The van der Waals surface area contributed by atoms with Gasteiger partial charge in [0.2, 0.25) is 0 Å². The molecular weight excluding hydrogens is 354 g/mol. The highest BCUT2D eigenvalue weighted by Gasteiger charge is 2.11. The quantitative estimate of drug-likeness (QED) is 0.371. The molecule has 146 valence electrons. The summed E-state index contributed by atoms with van der Waals surface area (Å²) >= 11 is 0. The van der Waals surface area contributed by atoms with Crippen LogP contribution >= 0.6 is 0 Å². The van der Waals surface area contributed by atoms with Crippen molar-refractivity contribution in [2.45, 2.75) is 32.6 Å². The number of carbonyl (C=O) groups excluding carboxylic acids is 1. The van der Waals surface area contributed by atoms with Crippen LogP contribution in [0.3, 0.4) is 0 Å². The molecule has 0 unspecified atom stereocenters. The fourth-order valence-corrected chi connectivity index (χ4v) is 2.54. The van der Waals surface area contributed by atoms with Crippen LogP contribution in [0.1, 0.15) is 38.2 Å². The minimum Gasteiger partial charge on any atom is -0.493 e. The summed E-state index contributed by atoms with van der Waals surface area (Å²) in [7, 11) is 1.56. The Morgan fingerprint density at radius 3 is 2.75 bits per heavy atom. The Morgan fingerprint density at radius 1 is 1.21 bits per heavy atom. The number of amides is 1. The van der Waals surface area contributed by atoms with Crippen LogP contribution in [0.15, 0.2) is 48.2 Å². The molecule has 0 aliphatic rings. The molecule has 0 saturated carbocycles. The van der Waals surface area contributed by atoms with E-state index >= 15 is 0 Å². The topological polar surface area (TPSA) is 84.2 Å². The third-order valence-corrected chi connectivity index (χ3v) is 4.03. The van der Waals surface area contributed by atoms with Gasteiger partial charge in [0.1, 0.15) is 17.5 Å². The van der Waals surface area contributed by atoms with Gasteiger partial charge in [-0.2, -0.15) is 5.26 Å². The average Bonchev–Trinajstić information content (AvgIpc) is 2.73. The van der Waals surface area contributed by atoms with Gasteiger partial charge in [-0.05, 0) is 42.3 Å². The lowest BCUT2D eigenvalue weighted by atomic mass is 10.1. The Bertz CT molecular complexity index is 842. The molecule has 2 aromatic rings. The molecule has 0 fully saturated rings. The third kappa shape index (κ3) is 6.44. The van der Waals surface area contributed by atoms with Crippen LogP contribution in [-0.4, -0.2) is 24.6 Å². The first-order valence-electron chi connectivity index (χ1n) is 9.33. The summed E-state index contributed by atoms with van der Waals surface area (Å²) in [5.41, 5.74) is 0.642. The summed E-state index contributed by atoms with van der Waals surface area (Å²) in [4.78, 5) is 16.3. The van der Waals surface area contributed by atoms with Crippen molar-refractivity contribution in [3.05, 3.63) is 53.7 Å². The predicted molar refractivity (Wildman–Crippen MR) is 109 cm³/mol. The average molecular weight is 379 g/mol. The van der Waals surface area contributed by atoms with E-state index in [0.717, 1.165) is 12.8 Å². The predicted octanol–water partition coefficient (Wildman–Crippen LogP) is 4.59. The normalized spacial score (nSPS) is 10.8. The van der Waals surface area contributed by atoms with Gasteiger partial charge in [0, 0.05) is 6.20 Å². The number of aromatic nitrogens is 1. The fraction of sp³-hybridized carbons (Fsp3) is 0.318. The van der Waals surface area contributed by atoms with E-state index in [0.29, 0.717) is 29.5 Å². The summed E-state index contributed by atoms with van der Waals surface area (Å²) in [6.45, 7) is 2.80. The Morgan fingerprint density at radius 2 is 2.07 bits per heavy atom. The molecule has 0 saturated heterocycles. The van der Waals surface area contributed by atoms with Crippen molar-refractivity contribution >= 4 is 17.8 Å². The summed E-state index contributed by atoms with van der Waals surface area (Å²) in [6, 6.07) is 12.4. The van der Waals surface area contributed by atoms with E-state index < -0.39 is 5.91 Å². The van der Waals surface area contributed by atoms with Crippen LogP contribution in [0.25, 0.3) is 6.08 Å². The van der Waals surface area contributed by atoms with Gasteiger partial charge in [0.05, 0.1) is 13.7 Å². The van der Waals surface area contributed by atoms with Gasteiger partial charge in [0.15, 0.2) is 11.5 Å². The number of benzene rings is 1. The number of hydrogen-bond acceptors (Lipinski definition) is 5. The van der Waals surface area contributed by atoms with Gasteiger partial charge in [-0.25, -0.2) is 4.98 Å². The van der Waals surface area contributed by atoms with Crippen LogP contribution in [0.5, 0.6) is 11.5 Å². The first-order valence-corrected chi connectivity index (χ1v) is 9.33. The van der Waals surface area contributed by atoms with Gasteiger partial charge < -0.3 is 14.8 Å². The number of ether oxygens (including phenoxy) is 2. The highest BCUT2D eigenvalue weighted by Crippen LogP contribution is 2.29. The summed E-state index contributed by atoms with van der Waals surface area (Å²) in [6.07, 6.45) is 7.58. The molecule has 1 heterocycles. The number of rotatable bonds is 10. The number of pyridine rings is 1. The van der Waals surface area contributed by atoms with E-state index in [1.807, 2.05) is 6.07 Å². The summed E-state index contributed by atoms with van der Waals surface area (Å²) < 4.78 is 11.2. The molecule has 0 atom stereocenters. The second kappa shape index (κ2) is 11.4. The molecule has 6 nitrogen and oxygen atoms in total. The monoisotopic (exact) mass is 379 g/mol. The molecule has 0 spiro atoms. The maximum Gasteiger partial charge on any atom is 0.267 e. The van der Waals surface area contributed by atoms with Gasteiger partial charge in [-0.1, -0.05) is 38.3 Å². The molecule has 1 aromatic carbocycles. The number of nitrogens with zero attached hydrogens (tertiary/aromatic N) is 2. The molecule has 1 N–H and O–H groups in total. The SMILES string of the molecule is CCCCCCOc1ccc(/C=C(\C#N)C(=O)Nc2ccccn2)cc1OC. The van der Waals surface area contributed by atoms with E-state index in [-0.39, 0.29) is 5.57 Å². The number of hydrogen-bond donors (Lipinski definition) is 1. The second-order valence-corrected chi connectivity index (χ2v) is 6.16. The van der Waals surface area contributed by atoms with E-state index in [1.54, 1.807) is 49.7 Å². The molecular formula is C22H25N3O3. The number of nitrogens with one attached hydrogen (secondary N) is 1. The zero-order valence-electron chi connectivity index (χ0n) is 16.3. The molecule has 0 radical (unpaired) electrons. The number of nitriles is 1. The first-order chi connectivity index (χ1) is 13.7. The van der Waals surface area contributed by atoms with Crippen molar-refractivity contribution in [2.24, 2.45) is 0 Å². The van der Waals surface area contributed by atoms with Gasteiger partial charge in [-0.3, -0.25) is 4.79 Å². The summed E-state index contributed by atoms with van der Waals surface area (Å²) in [5, 5.41) is 11.9. The zero-order valence-corrected chi connectivity index (χ0v) is 16.3. The van der Waals surface area contributed by atoms with Gasteiger partial charge in [-0.15, -0.1) is 0 Å². The molecule has 0 bridgehead atoms. The molecule has 28 heavy (non-hydrogen) atoms. The van der Waals surface area contributed by atoms with E-state index in [9.17, 15) is 10.1 Å². The Hall–Kier alpha value is -3.33. The van der Waals surface area contributed by atoms with Crippen molar-refractivity contribution < 1.29 is 14.3 Å². The standard InChI is InChI=1S/C22H25N3O3/c1-3-4-5-8-13-28-19-11-10-17(15-20(19)27-2)14-18(16-23)22(26)25-21-9-6-7-12-24-21/h6-7,9-12,14-15H,3-5,8,13H2,1-2H3,(H,24,25,26)/b18-14+. The molecule has 1 amide bonds. The van der Waals surface area contributed by atoms with Crippen LogP contribution < -0.4 is 14.8 Å². The minimum atomic E-state index is -0.517. The fourth-order valence-electron chi connectivity index (χ4n) is 2.54. The van der Waals surface area contributed by atoms with Crippen molar-refractivity contribution in [2.75, 3.05) is 19.0 Å². The molecule has 2 rings (SSSR count). The van der Waals surface area contributed by atoms with Crippen LogP contribution in [0.2, 0.25) is 0 Å². The molecule has 6 heteroatoms. The number of methoxy groups -OCH3 is 1. The van der Waals surface area contributed by atoms with Crippen molar-refractivity contribution in [3.63, 3.8) is 0 Å². The van der Waals surface area contributed by atoms with Crippen LogP contribution in [0, 0.1) is 11.3 Å².